The molecule has 1 aromatic carbocycles. The number of ether oxygens (including phenoxy) is 6. The molecular formula is C46H71N13O13S. The van der Waals surface area contributed by atoms with E-state index in [4.69, 9.17) is 28.4 Å². The molecule has 0 saturated carbocycles. The predicted octanol–water partition coefficient (Wildman–Crippen LogP) is -1.25. The number of rotatable bonds is 32. The molecule has 27 heteroatoms. The fourth-order valence-corrected chi connectivity index (χ4v) is 9.93. The highest BCUT2D eigenvalue weighted by molar-refractivity contribution is 8.00. The number of nitrogens with one attached hydrogen (secondary N) is 8. The Bertz CT molecular complexity index is 2210. The number of nitrogens with zero attached hydrogens (tertiary/aromatic N) is 5. The van der Waals surface area contributed by atoms with Crippen LogP contribution in [-0.4, -0.2) is 214 Å². The maximum atomic E-state index is 13.9. The van der Waals surface area contributed by atoms with Crippen LogP contribution in [0.25, 0.3) is 11.2 Å². The molecule has 0 unspecified atom stereocenters. The summed E-state index contributed by atoms with van der Waals surface area (Å²) in [6.45, 7) is 2.85. The molecule has 6 rings (SSSR count). The summed E-state index contributed by atoms with van der Waals surface area (Å²) in [6, 6.07) is 4.16. The van der Waals surface area contributed by atoms with Gasteiger partial charge in [-0.3, -0.25) is 14.2 Å². The third-order valence-corrected chi connectivity index (χ3v) is 13.6. The highest BCUT2D eigenvalue weighted by atomic mass is 32.2. The van der Waals surface area contributed by atoms with Crippen LogP contribution >= 0.6 is 11.8 Å². The zero-order valence-corrected chi connectivity index (χ0v) is 42.4. The highest BCUT2D eigenvalue weighted by Crippen LogP contribution is 2.34. The number of benzene rings is 1. The number of aliphatic hydroxyl groups is 2. The normalized spacial score (nSPS) is 21.4. The smallest absolute Gasteiger partial charge is 0.315 e. The molecular weight excluding hydrogens is 975 g/mol. The van der Waals surface area contributed by atoms with Gasteiger partial charge in [0.1, 0.15) is 30.3 Å². The number of amides is 8. The Hall–Kier alpha value is -5.81. The van der Waals surface area contributed by atoms with Gasteiger partial charge in [0.2, 0.25) is 11.8 Å². The van der Waals surface area contributed by atoms with Crippen LogP contribution in [0.15, 0.2) is 36.9 Å². The van der Waals surface area contributed by atoms with E-state index < -0.39 is 49.1 Å². The van der Waals surface area contributed by atoms with E-state index in [1.54, 1.807) is 29.2 Å². The van der Waals surface area contributed by atoms with E-state index in [2.05, 4.69) is 57.5 Å². The average Bonchev–Trinajstić information content (AvgIpc) is 4.16. The molecule has 0 bridgehead atoms. The molecule has 0 radical (unpaired) electrons. The Kier molecular flexibility index (Phi) is 23.0. The summed E-state index contributed by atoms with van der Waals surface area (Å²) in [5.41, 5.74) is 1.59. The minimum absolute atomic E-state index is 0.00618. The first-order chi connectivity index (χ1) is 35.4. The fraction of sp³-hybridized carbons (Fsp3) is 0.652. The summed E-state index contributed by atoms with van der Waals surface area (Å²) >= 11 is 1.88. The number of carbonyl (C=O) groups is 5. The van der Waals surface area contributed by atoms with Crippen LogP contribution in [0.4, 0.5) is 20.2 Å². The first kappa shape index (κ1) is 56.5. The van der Waals surface area contributed by atoms with Crippen molar-refractivity contribution in [3.05, 3.63) is 42.5 Å². The summed E-state index contributed by atoms with van der Waals surface area (Å²) in [4.78, 5) is 77.5. The number of hydrogen-bond acceptors (Lipinski definition) is 18. The number of thioether (sulfide) groups is 1. The largest absolute Gasteiger partial charge is 0.497 e. The lowest BCUT2D eigenvalue weighted by atomic mass is 10.0. The van der Waals surface area contributed by atoms with Gasteiger partial charge in [0.15, 0.2) is 23.2 Å². The van der Waals surface area contributed by atoms with Crippen molar-refractivity contribution in [2.24, 2.45) is 0 Å². The third-order valence-electron chi connectivity index (χ3n) is 12.1. The second-order valence-electron chi connectivity index (χ2n) is 17.5. The zero-order valence-electron chi connectivity index (χ0n) is 41.5. The molecule has 0 spiro atoms. The quantitative estimate of drug-likeness (QED) is 0.0258. The Balaban J connectivity index is 0.770. The molecule has 3 aromatic rings. The molecule has 3 aliphatic heterocycles. The highest BCUT2D eigenvalue weighted by Gasteiger charge is 2.47. The zero-order chi connectivity index (χ0) is 52.0. The number of urea groups is 3. The predicted molar refractivity (Wildman–Crippen MR) is 267 cm³/mol. The second kappa shape index (κ2) is 29.8. The van der Waals surface area contributed by atoms with Crippen LogP contribution in [0.2, 0.25) is 0 Å². The summed E-state index contributed by atoms with van der Waals surface area (Å²) in [7, 11) is 5.16. The molecule has 73 heavy (non-hydrogen) atoms. The molecule has 10 N–H and O–H groups in total. The van der Waals surface area contributed by atoms with Gasteiger partial charge in [0.25, 0.3) is 0 Å². The van der Waals surface area contributed by atoms with E-state index in [0.29, 0.717) is 73.9 Å². The van der Waals surface area contributed by atoms with E-state index in [-0.39, 0.29) is 76.0 Å². The van der Waals surface area contributed by atoms with E-state index in [0.717, 1.165) is 30.6 Å². The molecule has 3 saturated heterocycles. The van der Waals surface area contributed by atoms with E-state index in [9.17, 15) is 34.2 Å². The van der Waals surface area contributed by atoms with Crippen molar-refractivity contribution in [2.75, 3.05) is 117 Å². The summed E-state index contributed by atoms with van der Waals surface area (Å²) in [5.74, 6) is 1.48. The van der Waals surface area contributed by atoms with Crippen molar-refractivity contribution in [1.29, 1.82) is 0 Å². The molecule has 8 atom stereocenters. The Labute approximate surface area is 427 Å². The number of hydrogen-bond donors (Lipinski definition) is 10. The number of fused-ring (bicyclic) bond motifs is 2. The fourth-order valence-electron chi connectivity index (χ4n) is 8.38. The molecule has 5 heterocycles. The molecule has 3 fully saturated rings. The van der Waals surface area contributed by atoms with Gasteiger partial charge < -0.3 is 86.1 Å². The Morgan fingerprint density at radius 1 is 0.863 bits per heavy atom. The number of aliphatic hydroxyl groups excluding tert-OH is 2. The van der Waals surface area contributed by atoms with Gasteiger partial charge in [-0.1, -0.05) is 18.6 Å². The maximum Gasteiger partial charge on any atom is 0.315 e. The maximum absolute atomic E-state index is 13.9. The standard InChI is InChI=1S/C46H71N13O13S/c1-58(2)40-38-41(52-27-51-40)59(28-53-38)43-39(62)37(33(25-60)72-43)56-42(63)31(24-29-8-10-30(67-3)11-9-29)54-45(65)50-15-19-71-23-22-70-18-14-49-44(64)48-13-17-69-21-20-68-16-12-47-35(61)7-5-4-6-34-36-32(26-73-34)55-46(66)57-36/h8-11,27-28,31-34,36-37,39,43,60,62H,4-7,12-26H2,1-3H3,(H,47,61)(H,56,63)(H2,48,49,64)(H2,50,54,65)(H2,55,57,66)/t31-,32-,33+,34-,36-,37+,39+,43+/m0/s1. The molecule has 26 nitrogen and oxygen atoms in total. The topological polar surface area (TPSA) is 324 Å². The van der Waals surface area contributed by atoms with Gasteiger partial charge >= 0.3 is 18.1 Å². The van der Waals surface area contributed by atoms with Crippen molar-refractivity contribution in [3.63, 3.8) is 0 Å². The average molecular weight is 1050 g/mol. The number of methoxy groups -OCH3 is 1. The number of anilines is 1. The lowest BCUT2D eigenvalue weighted by molar-refractivity contribution is -0.124. The van der Waals surface area contributed by atoms with Gasteiger partial charge in [0.05, 0.1) is 91.0 Å². The van der Waals surface area contributed by atoms with Gasteiger partial charge in [-0.25, -0.2) is 29.3 Å². The van der Waals surface area contributed by atoms with Gasteiger partial charge in [-0.05, 0) is 30.5 Å². The van der Waals surface area contributed by atoms with Crippen molar-refractivity contribution >= 4 is 58.7 Å². The summed E-state index contributed by atoms with van der Waals surface area (Å²) in [5, 5.41) is 44.5. The van der Waals surface area contributed by atoms with Crippen molar-refractivity contribution in [3.8, 4) is 5.75 Å². The first-order valence-corrected chi connectivity index (χ1v) is 25.6. The first-order valence-electron chi connectivity index (χ1n) is 24.5. The van der Waals surface area contributed by atoms with Gasteiger partial charge in [-0.2, -0.15) is 11.8 Å². The second-order valence-corrected chi connectivity index (χ2v) is 18.8. The lowest BCUT2D eigenvalue weighted by Crippen LogP contribution is -2.57. The van der Waals surface area contributed by atoms with Crippen LogP contribution in [-0.2, 0) is 39.7 Å². The van der Waals surface area contributed by atoms with Crippen LogP contribution < -0.4 is 52.2 Å². The molecule has 8 amide bonds. The van der Waals surface area contributed by atoms with Gasteiger partial charge in [-0.15, -0.1) is 0 Å². The molecule has 3 aliphatic rings. The van der Waals surface area contributed by atoms with Crippen molar-refractivity contribution in [2.45, 2.75) is 80.0 Å². The lowest BCUT2D eigenvalue weighted by Gasteiger charge is -2.25. The minimum Gasteiger partial charge on any atom is -0.497 e. The van der Waals surface area contributed by atoms with Crippen LogP contribution in [0.1, 0.15) is 37.5 Å². The Morgan fingerprint density at radius 2 is 1.51 bits per heavy atom. The van der Waals surface area contributed by atoms with Crippen LogP contribution in [0, 0.1) is 0 Å². The molecule has 0 aliphatic carbocycles. The van der Waals surface area contributed by atoms with Crippen molar-refractivity contribution in [1.82, 2.24) is 62.1 Å². The number of imidazole rings is 1. The SMILES string of the molecule is COc1ccc(C[C@H](NC(=O)NCCOCCOCCNC(=O)NCCOCCOCCNC(=O)CCCC[C@@H]2SC[C@@H]3NC(=O)N[C@@H]32)C(=O)N[C@H]2[C@@H](O)[C@H](n3cnc4c(N(C)C)ncnc43)O[C@@H]2CO)cc1. The third kappa shape index (κ3) is 17.4. The van der Waals surface area contributed by atoms with E-state index in [1.807, 2.05) is 25.9 Å². The summed E-state index contributed by atoms with van der Waals surface area (Å²) in [6.07, 6.45) is 2.69. The minimum atomic E-state index is -1.33. The number of carbonyl (C=O) groups excluding carboxylic acids is 5. The number of aromatic nitrogens is 4. The van der Waals surface area contributed by atoms with Gasteiger partial charge in [0, 0.05) is 64.1 Å². The number of unbranched alkanes of at least 4 members (excludes halogenated alkanes) is 1. The van der Waals surface area contributed by atoms with Crippen LogP contribution in [0.3, 0.4) is 0 Å². The monoisotopic (exact) mass is 1050 g/mol. The van der Waals surface area contributed by atoms with Crippen LogP contribution in [0.5, 0.6) is 5.75 Å². The van der Waals surface area contributed by atoms with Crippen molar-refractivity contribution < 1.29 is 62.6 Å². The molecule has 2 aromatic heterocycles. The Morgan fingerprint density at radius 3 is 2.14 bits per heavy atom. The van der Waals surface area contributed by atoms with E-state index >= 15 is 0 Å². The van der Waals surface area contributed by atoms with E-state index in [1.165, 1.54) is 24.3 Å². The molecule has 404 valence electrons. The summed E-state index contributed by atoms with van der Waals surface area (Å²) < 4.78 is 34.9.